The number of benzene rings is 3. The molecule has 1 N–H and O–H groups in total. The summed E-state index contributed by atoms with van der Waals surface area (Å²) in [6.45, 7) is 0.653. The molecular formula is C26H22F3N3O3. The molecule has 3 amide bonds. The van der Waals surface area contributed by atoms with E-state index < -0.39 is 23.2 Å². The van der Waals surface area contributed by atoms with Crippen LogP contribution in [0.2, 0.25) is 0 Å². The Morgan fingerprint density at radius 2 is 1.20 bits per heavy atom. The van der Waals surface area contributed by atoms with Crippen LogP contribution in [0.1, 0.15) is 36.6 Å². The molecule has 0 atom stereocenters. The Labute approximate surface area is 200 Å². The van der Waals surface area contributed by atoms with E-state index in [9.17, 15) is 27.6 Å². The number of hydrogen-bond acceptors (Lipinski definition) is 3. The van der Waals surface area contributed by atoms with E-state index in [4.69, 9.17) is 0 Å². The molecule has 0 aliphatic carbocycles. The van der Waals surface area contributed by atoms with Gasteiger partial charge in [-0.2, -0.15) is 13.2 Å². The zero-order valence-electron chi connectivity index (χ0n) is 18.6. The number of amides is 3. The van der Waals surface area contributed by atoms with Crippen LogP contribution in [-0.4, -0.2) is 53.7 Å². The lowest BCUT2D eigenvalue weighted by atomic mass is 10.1. The highest BCUT2D eigenvalue weighted by Gasteiger charge is 2.36. The first-order valence-corrected chi connectivity index (χ1v) is 11.0. The van der Waals surface area contributed by atoms with Crippen LogP contribution in [0.15, 0.2) is 78.9 Å². The molecule has 6 nitrogen and oxygen atoms in total. The second-order valence-corrected chi connectivity index (χ2v) is 8.03. The summed E-state index contributed by atoms with van der Waals surface area (Å²) in [6, 6.07) is 19.9. The van der Waals surface area contributed by atoms with Crippen LogP contribution in [-0.2, 0) is 6.18 Å². The highest BCUT2D eigenvalue weighted by molar-refractivity contribution is 6.04. The lowest BCUT2D eigenvalue weighted by Gasteiger charge is -2.35. The molecule has 0 radical (unpaired) electrons. The minimum absolute atomic E-state index is 0.127. The van der Waals surface area contributed by atoms with Gasteiger partial charge in [0, 0.05) is 43.0 Å². The molecule has 0 saturated carbocycles. The highest BCUT2D eigenvalue weighted by Crippen LogP contribution is 2.32. The van der Waals surface area contributed by atoms with Crippen molar-refractivity contribution in [2.45, 2.75) is 6.18 Å². The number of carbonyl (C=O) groups excluding carboxylic acids is 3. The van der Waals surface area contributed by atoms with Gasteiger partial charge in [0.05, 0.1) is 11.1 Å². The lowest BCUT2D eigenvalue weighted by molar-refractivity contribution is -0.138. The van der Waals surface area contributed by atoms with Gasteiger partial charge in [-0.15, -0.1) is 0 Å². The second-order valence-electron chi connectivity index (χ2n) is 8.03. The summed E-state index contributed by atoms with van der Waals surface area (Å²) in [5.41, 5.74) is 0.0906. The van der Waals surface area contributed by atoms with E-state index in [0.29, 0.717) is 16.8 Å². The average molecular weight is 481 g/mol. The Balaban J connectivity index is 1.36. The largest absolute Gasteiger partial charge is 0.417 e. The summed E-state index contributed by atoms with van der Waals surface area (Å²) in [7, 11) is 0. The number of piperazine rings is 1. The molecular weight excluding hydrogens is 459 g/mol. The summed E-state index contributed by atoms with van der Waals surface area (Å²) in [5.74, 6) is -1.23. The van der Waals surface area contributed by atoms with Crippen LogP contribution in [0.5, 0.6) is 0 Å². The maximum absolute atomic E-state index is 13.3. The highest BCUT2D eigenvalue weighted by atomic mass is 19.4. The van der Waals surface area contributed by atoms with Crippen molar-refractivity contribution in [1.29, 1.82) is 0 Å². The smallest absolute Gasteiger partial charge is 0.335 e. The van der Waals surface area contributed by atoms with Crippen molar-refractivity contribution in [2.24, 2.45) is 0 Å². The molecule has 4 rings (SSSR count). The number of rotatable bonds is 4. The molecule has 0 aromatic heterocycles. The SMILES string of the molecule is O=C(Nc1ccc(C(=O)N2CCN(C(=O)c3ccccc3C(F)(F)F)CC2)cc1)c1ccccc1. The van der Waals surface area contributed by atoms with Crippen molar-refractivity contribution < 1.29 is 27.6 Å². The van der Waals surface area contributed by atoms with Crippen LogP contribution >= 0.6 is 0 Å². The van der Waals surface area contributed by atoms with Crippen molar-refractivity contribution >= 4 is 23.4 Å². The number of alkyl halides is 3. The van der Waals surface area contributed by atoms with Gasteiger partial charge in [0.1, 0.15) is 0 Å². The zero-order chi connectivity index (χ0) is 25.0. The first-order valence-electron chi connectivity index (χ1n) is 11.0. The molecule has 1 saturated heterocycles. The first-order chi connectivity index (χ1) is 16.7. The molecule has 0 spiro atoms. The quantitative estimate of drug-likeness (QED) is 0.594. The Morgan fingerprint density at radius 1 is 0.657 bits per heavy atom. The van der Waals surface area contributed by atoms with E-state index in [2.05, 4.69) is 5.32 Å². The lowest BCUT2D eigenvalue weighted by Crippen LogP contribution is -2.50. The van der Waals surface area contributed by atoms with E-state index in [1.807, 2.05) is 6.07 Å². The summed E-state index contributed by atoms with van der Waals surface area (Å²) in [4.78, 5) is 40.7. The van der Waals surface area contributed by atoms with Crippen molar-refractivity contribution in [1.82, 2.24) is 9.80 Å². The molecule has 1 heterocycles. The fourth-order valence-electron chi connectivity index (χ4n) is 3.87. The molecule has 0 bridgehead atoms. The summed E-state index contributed by atoms with van der Waals surface area (Å²) >= 11 is 0. The molecule has 9 heteroatoms. The molecule has 0 unspecified atom stereocenters. The standard InChI is InChI=1S/C26H22F3N3O3/c27-26(28,29)22-9-5-4-8-21(22)25(35)32-16-14-31(15-17-32)24(34)19-10-12-20(13-11-19)30-23(33)18-6-2-1-3-7-18/h1-13H,14-17H2,(H,30,33). The van der Waals surface area contributed by atoms with Crippen molar-refractivity contribution in [3.05, 3.63) is 101 Å². The molecule has 1 aliphatic rings. The Bertz CT molecular complexity index is 1220. The third-order valence-corrected chi connectivity index (χ3v) is 5.74. The van der Waals surface area contributed by atoms with Gasteiger partial charge in [-0.05, 0) is 48.5 Å². The van der Waals surface area contributed by atoms with Gasteiger partial charge in [0.15, 0.2) is 0 Å². The van der Waals surface area contributed by atoms with E-state index in [1.54, 1.807) is 53.4 Å². The normalized spacial score (nSPS) is 13.9. The predicted octanol–water partition coefficient (Wildman–Crippen LogP) is 4.56. The third kappa shape index (κ3) is 5.51. The van der Waals surface area contributed by atoms with Crippen molar-refractivity contribution in [3.63, 3.8) is 0 Å². The third-order valence-electron chi connectivity index (χ3n) is 5.74. The maximum Gasteiger partial charge on any atom is 0.417 e. The Kier molecular flexibility index (Phi) is 6.86. The van der Waals surface area contributed by atoms with E-state index >= 15 is 0 Å². The molecule has 180 valence electrons. The fourth-order valence-corrected chi connectivity index (χ4v) is 3.87. The number of carbonyl (C=O) groups is 3. The van der Waals surface area contributed by atoms with Crippen LogP contribution in [0, 0.1) is 0 Å². The monoisotopic (exact) mass is 481 g/mol. The van der Waals surface area contributed by atoms with Crippen LogP contribution < -0.4 is 5.32 Å². The van der Waals surface area contributed by atoms with Gasteiger partial charge in [-0.3, -0.25) is 14.4 Å². The summed E-state index contributed by atoms with van der Waals surface area (Å²) in [5, 5.41) is 2.76. The topological polar surface area (TPSA) is 69.7 Å². The van der Waals surface area contributed by atoms with Gasteiger partial charge < -0.3 is 15.1 Å². The van der Waals surface area contributed by atoms with E-state index in [0.717, 1.165) is 6.07 Å². The van der Waals surface area contributed by atoms with Gasteiger partial charge in [-0.1, -0.05) is 30.3 Å². The first kappa shape index (κ1) is 24.0. The Hall–Kier alpha value is -4.14. The summed E-state index contributed by atoms with van der Waals surface area (Å²) in [6.07, 6.45) is -4.63. The van der Waals surface area contributed by atoms with Crippen LogP contribution in [0.4, 0.5) is 18.9 Å². The number of nitrogens with one attached hydrogen (secondary N) is 1. The van der Waals surface area contributed by atoms with Gasteiger partial charge >= 0.3 is 6.18 Å². The van der Waals surface area contributed by atoms with Crippen molar-refractivity contribution in [2.75, 3.05) is 31.5 Å². The maximum atomic E-state index is 13.3. The second kappa shape index (κ2) is 10.0. The number of nitrogens with zero attached hydrogens (tertiary/aromatic N) is 2. The van der Waals surface area contributed by atoms with E-state index in [1.165, 1.54) is 23.1 Å². The molecule has 1 fully saturated rings. The average Bonchev–Trinajstić information content (AvgIpc) is 2.88. The van der Waals surface area contributed by atoms with Crippen molar-refractivity contribution in [3.8, 4) is 0 Å². The minimum atomic E-state index is -4.63. The molecule has 3 aromatic rings. The molecule has 1 aliphatic heterocycles. The molecule has 35 heavy (non-hydrogen) atoms. The number of halogens is 3. The van der Waals surface area contributed by atoms with Crippen LogP contribution in [0.25, 0.3) is 0 Å². The van der Waals surface area contributed by atoms with Gasteiger partial charge in [0.25, 0.3) is 17.7 Å². The van der Waals surface area contributed by atoms with E-state index in [-0.39, 0.29) is 38.0 Å². The minimum Gasteiger partial charge on any atom is -0.335 e. The number of hydrogen-bond donors (Lipinski definition) is 1. The fraction of sp³-hybridized carbons (Fsp3) is 0.192. The van der Waals surface area contributed by atoms with Gasteiger partial charge in [0.2, 0.25) is 0 Å². The van der Waals surface area contributed by atoms with Crippen LogP contribution in [0.3, 0.4) is 0 Å². The number of anilines is 1. The van der Waals surface area contributed by atoms with Gasteiger partial charge in [-0.25, -0.2) is 0 Å². The Morgan fingerprint density at radius 3 is 1.80 bits per heavy atom. The molecule has 3 aromatic carbocycles. The zero-order valence-corrected chi connectivity index (χ0v) is 18.6. The summed E-state index contributed by atoms with van der Waals surface area (Å²) < 4.78 is 39.8. The predicted molar refractivity (Wildman–Crippen MR) is 124 cm³/mol.